The molecule has 0 bridgehead atoms. The molecular weight excluding hydrogens is 328 g/mol. The molecule has 0 radical (unpaired) electrons. The van der Waals surface area contributed by atoms with Crippen molar-refractivity contribution in [3.63, 3.8) is 0 Å². The molecule has 0 aliphatic carbocycles. The third-order valence-electron chi connectivity index (χ3n) is 5.31. The molecule has 0 fully saturated rings. The highest BCUT2D eigenvalue weighted by Gasteiger charge is 2.35. The Kier molecular flexibility index (Phi) is 3.58. The Morgan fingerprint density at radius 2 is 2.19 bits per heavy atom. The van der Waals surface area contributed by atoms with Crippen molar-refractivity contribution in [3.8, 4) is 0 Å². The highest BCUT2D eigenvalue weighted by molar-refractivity contribution is 5.93. The molecule has 3 aromatic rings. The maximum absolute atomic E-state index is 13.3. The van der Waals surface area contributed by atoms with E-state index in [0.29, 0.717) is 12.2 Å². The van der Waals surface area contributed by atoms with Gasteiger partial charge < -0.3 is 14.5 Å². The first kappa shape index (κ1) is 15.3. The van der Waals surface area contributed by atoms with E-state index in [9.17, 15) is 4.79 Å². The summed E-state index contributed by atoms with van der Waals surface area (Å²) in [5.74, 6) is 0.990. The summed E-state index contributed by atoms with van der Waals surface area (Å²) in [6.45, 7) is 1.58. The summed E-state index contributed by atoms with van der Waals surface area (Å²) in [4.78, 5) is 31.8. The van der Waals surface area contributed by atoms with E-state index in [1.807, 2.05) is 29.4 Å². The Hall–Kier alpha value is -2.96. The number of carbonyl (C=O) groups excluding carboxylic acids is 1. The molecule has 1 amide bonds. The van der Waals surface area contributed by atoms with Crippen LogP contribution >= 0.6 is 0 Å². The Morgan fingerprint density at radius 1 is 1.23 bits per heavy atom. The zero-order chi connectivity index (χ0) is 17.5. The summed E-state index contributed by atoms with van der Waals surface area (Å²) in [5, 5.41) is 0. The lowest BCUT2D eigenvalue weighted by molar-refractivity contribution is 0.0684. The molecule has 7 nitrogen and oxygen atoms in total. The number of imidazole rings is 2. The van der Waals surface area contributed by atoms with Crippen molar-refractivity contribution in [2.24, 2.45) is 0 Å². The SMILES string of the molecule is O=C(c1cn2c(n1)CCCC2)N1CCc2[nH]cnc2C1c1cccnc1. The lowest BCUT2D eigenvalue weighted by atomic mass is 9.96. The van der Waals surface area contributed by atoms with Crippen LogP contribution in [0.25, 0.3) is 0 Å². The minimum absolute atomic E-state index is 0.0330. The van der Waals surface area contributed by atoms with E-state index in [2.05, 4.69) is 24.5 Å². The lowest BCUT2D eigenvalue weighted by Gasteiger charge is -2.34. The van der Waals surface area contributed by atoms with Crippen LogP contribution in [0.2, 0.25) is 0 Å². The molecule has 0 aromatic carbocycles. The lowest BCUT2D eigenvalue weighted by Crippen LogP contribution is -2.41. The van der Waals surface area contributed by atoms with Crippen LogP contribution in [0.15, 0.2) is 37.1 Å². The number of nitrogens with one attached hydrogen (secondary N) is 1. The molecule has 2 aliphatic rings. The number of aromatic nitrogens is 5. The zero-order valence-electron chi connectivity index (χ0n) is 14.4. The first-order valence-corrected chi connectivity index (χ1v) is 9.10. The van der Waals surface area contributed by atoms with Gasteiger partial charge in [0.2, 0.25) is 0 Å². The van der Waals surface area contributed by atoms with Crippen LogP contribution in [0.1, 0.15) is 52.1 Å². The average Bonchev–Trinajstić information content (AvgIpc) is 3.33. The van der Waals surface area contributed by atoms with Crippen molar-refractivity contribution in [1.82, 2.24) is 29.4 Å². The van der Waals surface area contributed by atoms with Gasteiger partial charge in [-0.25, -0.2) is 9.97 Å². The molecule has 7 heteroatoms. The molecule has 132 valence electrons. The van der Waals surface area contributed by atoms with Gasteiger partial charge in [0.05, 0.1) is 12.0 Å². The van der Waals surface area contributed by atoms with Crippen LogP contribution < -0.4 is 0 Å². The molecule has 0 spiro atoms. The summed E-state index contributed by atoms with van der Waals surface area (Å²) in [6.07, 6.45) is 11.2. The topological polar surface area (TPSA) is 79.7 Å². The number of carbonyl (C=O) groups is 1. The molecule has 0 saturated carbocycles. The smallest absolute Gasteiger partial charge is 0.274 e. The standard InChI is InChI=1S/C19H20N6O/c26-19(15-11-24-8-2-1-5-16(24)23-15)25-9-6-14-17(22-12-21-14)18(25)13-4-3-7-20-10-13/h3-4,7,10-12,18H,1-2,5-6,8-9H2,(H,21,22). The minimum atomic E-state index is -0.232. The van der Waals surface area contributed by atoms with Gasteiger partial charge in [-0.05, 0) is 24.5 Å². The van der Waals surface area contributed by atoms with Gasteiger partial charge in [-0.1, -0.05) is 6.07 Å². The van der Waals surface area contributed by atoms with Crippen molar-refractivity contribution in [3.05, 3.63) is 65.5 Å². The number of nitrogens with zero attached hydrogens (tertiary/aromatic N) is 5. The largest absolute Gasteiger partial charge is 0.348 e. The van der Waals surface area contributed by atoms with Crippen LogP contribution in [0.5, 0.6) is 0 Å². The second-order valence-corrected chi connectivity index (χ2v) is 6.90. The number of pyridine rings is 1. The van der Waals surface area contributed by atoms with E-state index in [1.54, 1.807) is 12.5 Å². The number of aromatic amines is 1. The van der Waals surface area contributed by atoms with Crippen molar-refractivity contribution >= 4 is 5.91 Å². The summed E-state index contributed by atoms with van der Waals surface area (Å²) in [5.41, 5.74) is 3.50. The van der Waals surface area contributed by atoms with Gasteiger partial charge in [0.1, 0.15) is 17.6 Å². The molecule has 2 aliphatic heterocycles. The first-order valence-electron chi connectivity index (χ1n) is 9.10. The third-order valence-corrected chi connectivity index (χ3v) is 5.31. The van der Waals surface area contributed by atoms with E-state index in [4.69, 9.17) is 0 Å². The molecule has 1 unspecified atom stereocenters. The Labute approximate surface area is 151 Å². The van der Waals surface area contributed by atoms with Crippen molar-refractivity contribution in [2.45, 2.75) is 38.3 Å². The van der Waals surface area contributed by atoms with E-state index < -0.39 is 0 Å². The Morgan fingerprint density at radius 3 is 3.04 bits per heavy atom. The van der Waals surface area contributed by atoms with Gasteiger partial charge in [0.15, 0.2) is 0 Å². The fourth-order valence-corrected chi connectivity index (χ4v) is 4.03. The second-order valence-electron chi connectivity index (χ2n) is 6.90. The van der Waals surface area contributed by atoms with Gasteiger partial charge in [-0.3, -0.25) is 9.78 Å². The molecule has 26 heavy (non-hydrogen) atoms. The summed E-state index contributed by atoms with van der Waals surface area (Å²) in [6, 6.07) is 3.67. The monoisotopic (exact) mass is 348 g/mol. The van der Waals surface area contributed by atoms with Gasteiger partial charge in [-0.2, -0.15) is 0 Å². The minimum Gasteiger partial charge on any atom is -0.348 e. The molecule has 0 saturated heterocycles. The number of H-pyrrole nitrogens is 1. The van der Waals surface area contributed by atoms with E-state index in [0.717, 1.165) is 55.0 Å². The fourth-order valence-electron chi connectivity index (χ4n) is 4.03. The summed E-state index contributed by atoms with van der Waals surface area (Å²) in [7, 11) is 0. The number of rotatable bonds is 2. The predicted octanol–water partition coefficient (Wildman–Crippen LogP) is 2.13. The van der Waals surface area contributed by atoms with Gasteiger partial charge in [-0.15, -0.1) is 0 Å². The van der Waals surface area contributed by atoms with Crippen molar-refractivity contribution in [2.75, 3.05) is 6.54 Å². The highest BCUT2D eigenvalue weighted by Crippen LogP contribution is 2.34. The molecule has 5 rings (SSSR count). The maximum Gasteiger partial charge on any atom is 0.274 e. The van der Waals surface area contributed by atoms with E-state index in [1.165, 1.54) is 0 Å². The van der Waals surface area contributed by atoms with E-state index in [-0.39, 0.29) is 11.9 Å². The van der Waals surface area contributed by atoms with Crippen molar-refractivity contribution < 1.29 is 4.79 Å². The number of amides is 1. The zero-order valence-corrected chi connectivity index (χ0v) is 14.4. The first-order chi connectivity index (χ1) is 12.8. The third kappa shape index (κ3) is 2.42. The fraction of sp³-hybridized carbons (Fsp3) is 0.368. The number of aryl methyl sites for hydroxylation is 2. The molecular formula is C19H20N6O. The molecule has 5 heterocycles. The summed E-state index contributed by atoms with van der Waals surface area (Å²) >= 11 is 0. The Bertz CT molecular complexity index is 921. The number of hydrogen-bond acceptors (Lipinski definition) is 4. The second kappa shape index (κ2) is 6.09. The van der Waals surface area contributed by atoms with Crippen LogP contribution in [0.4, 0.5) is 0 Å². The Balaban J connectivity index is 1.54. The number of hydrogen-bond donors (Lipinski definition) is 1. The van der Waals surface area contributed by atoms with Crippen LogP contribution in [0, 0.1) is 0 Å². The van der Waals surface area contributed by atoms with Crippen molar-refractivity contribution in [1.29, 1.82) is 0 Å². The van der Waals surface area contributed by atoms with Gasteiger partial charge in [0, 0.05) is 50.2 Å². The van der Waals surface area contributed by atoms with E-state index >= 15 is 0 Å². The predicted molar refractivity (Wildman–Crippen MR) is 94.6 cm³/mol. The van der Waals surface area contributed by atoms with Crippen LogP contribution in [0.3, 0.4) is 0 Å². The normalized spacial score (nSPS) is 19.1. The van der Waals surface area contributed by atoms with Gasteiger partial charge >= 0.3 is 0 Å². The average molecular weight is 348 g/mol. The van der Waals surface area contributed by atoms with Crippen LogP contribution in [-0.2, 0) is 19.4 Å². The molecule has 1 atom stereocenters. The quantitative estimate of drug-likeness (QED) is 0.769. The number of fused-ring (bicyclic) bond motifs is 2. The van der Waals surface area contributed by atoms with Crippen LogP contribution in [-0.4, -0.2) is 41.9 Å². The highest BCUT2D eigenvalue weighted by atomic mass is 16.2. The molecule has 1 N–H and O–H groups in total. The maximum atomic E-state index is 13.3. The van der Waals surface area contributed by atoms with Gasteiger partial charge in [0.25, 0.3) is 5.91 Å². The summed E-state index contributed by atoms with van der Waals surface area (Å²) < 4.78 is 2.12. The molecule has 3 aromatic heterocycles.